The number of nitrogens with zero attached hydrogens (tertiary/aromatic N) is 3. The third-order valence-corrected chi connectivity index (χ3v) is 7.81. The van der Waals surface area contributed by atoms with Crippen LogP contribution >= 0.6 is 11.3 Å². The lowest BCUT2D eigenvalue weighted by Crippen LogP contribution is -2.37. The highest BCUT2D eigenvalue weighted by molar-refractivity contribution is 7.18. The number of anilines is 1. The molecule has 188 valence electrons. The predicted molar refractivity (Wildman–Crippen MR) is 147 cm³/mol. The summed E-state index contributed by atoms with van der Waals surface area (Å²) in [7, 11) is 0. The minimum Gasteiger partial charge on any atom is -0.335 e. The minimum absolute atomic E-state index is 0.0446. The molecule has 7 heteroatoms. The van der Waals surface area contributed by atoms with Crippen molar-refractivity contribution in [3.63, 3.8) is 0 Å². The fraction of sp³-hybridized carbons (Fsp3) is 0.267. The molecule has 1 N–H and O–H groups in total. The first kappa shape index (κ1) is 24.8. The normalized spacial score (nSPS) is 17.1. The minimum atomic E-state index is -0.180. The van der Waals surface area contributed by atoms with Crippen molar-refractivity contribution in [2.75, 3.05) is 11.9 Å². The second-order valence-corrected chi connectivity index (χ2v) is 10.5. The number of hydrogen-bond acceptors (Lipinski definition) is 5. The molecule has 1 aliphatic rings. The molecule has 3 aromatic carbocycles. The van der Waals surface area contributed by atoms with Crippen LogP contribution in [0.1, 0.15) is 48.4 Å². The smallest absolute Gasteiger partial charge is 0.227 e. The van der Waals surface area contributed by atoms with Crippen molar-refractivity contribution in [1.82, 2.24) is 15.1 Å². The van der Waals surface area contributed by atoms with E-state index in [1.165, 1.54) is 22.5 Å². The third-order valence-electron chi connectivity index (χ3n) is 6.92. The Balaban J connectivity index is 1.25. The van der Waals surface area contributed by atoms with Crippen LogP contribution in [0.2, 0.25) is 0 Å². The van der Waals surface area contributed by atoms with Crippen LogP contribution in [0.15, 0.2) is 84.9 Å². The van der Waals surface area contributed by atoms with Crippen LogP contribution in [0, 0.1) is 12.8 Å². The van der Waals surface area contributed by atoms with Crippen LogP contribution < -0.4 is 5.32 Å². The molecule has 1 heterocycles. The second kappa shape index (κ2) is 11.0. The molecular formula is C30H30N4O2S. The van der Waals surface area contributed by atoms with Crippen molar-refractivity contribution < 1.29 is 9.59 Å². The lowest BCUT2D eigenvalue weighted by atomic mass is 10.0. The third kappa shape index (κ3) is 5.94. The molecule has 0 aliphatic heterocycles. The zero-order valence-electron chi connectivity index (χ0n) is 21.0. The van der Waals surface area contributed by atoms with Crippen LogP contribution in [-0.2, 0) is 9.59 Å². The van der Waals surface area contributed by atoms with Gasteiger partial charge >= 0.3 is 0 Å². The van der Waals surface area contributed by atoms with Gasteiger partial charge in [0.25, 0.3) is 0 Å². The number of nitrogens with one attached hydrogen (secondary N) is 1. The molecule has 3 unspecified atom stereocenters. The van der Waals surface area contributed by atoms with Crippen molar-refractivity contribution >= 4 is 28.3 Å². The Morgan fingerprint density at radius 3 is 2.35 bits per heavy atom. The summed E-state index contributed by atoms with van der Waals surface area (Å²) in [6, 6.07) is 28.1. The van der Waals surface area contributed by atoms with Crippen LogP contribution in [0.3, 0.4) is 0 Å². The van der Waals surface area contributed by atoms with Gasteiger partial charge < -0.3 is 10.2 Å². The van der Waals surface area contributed by atoms with Gasteiger partial charge in [-0.15, -0.1) is 10.2 Å². The van der Waals surface area contributed by atoms with Crippen molar-refractivity contribution in [1.29, 1.82) is 0 Å². The van der Waals surface area contributed by atoms with Gasteiger partial charge in [-0.2, -0.15) is 0 Å². The number of rotatable bonds is 9. The van der Waals surface area contributed by atoms with Gasteiger partial charge in [0.05, 0.1) is 6.04 Å². The number of carbonyl (C=O) groups excluding carboxylic acids is 2. The number of carbonyl (C=O) groups is 2. The first-order valence-electron chi connectivity index (χ1n) is 12.6. The van der Waals surface area contributed by atoms with E-state index in [4.69, 9.17) is 0 Å². The molecule has 0 bridgehead atoms. The lowest BCUT2D eigenvalue weighted by Gasteiger charge is -2.30. The topological polar surface area (TPSA) is 75.2 Å². The summed E-state index contributed by atoms with van der Waals surface area (Å²) in [6.07, 6.45) is 1.03. The van der Waals surface area contributed by atoms with E-state index in [0.717, 1.165) is 22.6 Å². The van der Waals surface area contributed by atoms with Gasteiger partial charge in [-0.05, 0) is 37.3 Å². The monoisotopic (exact) mass is 510 g/mol. The number of benzene rings is 3. The molecule has 0 saturated heterocycles. The summed E-state index contributed by atoms with van der Waals surface area (Å²) in [5.74, 6) is 0.127. The van der Waals surface area contributed by atoms with Gasteiger partial charge in [0.15, 0.2) is 0 Å². The van der Waals surface area contributed by atoms with Gasteiger partial charge in [0, 0.05) is 24.4 Å². The molecule has 3 atom stereocenters. The highest BCUT2D eigenvalue weighted by Gasteiger charge is 2.46. The van der Waals surface area contributed by atoms with E-state index >= 15 is 0 Å². The summed E-state index contributed by atoms with van der Waals surface area (Å²) in [5.41, 5.74) is 4.40. The zero-order chi connectivity index (χ0) is 25.8. The number of aromatic nitrogens is 2. The maximum absolute atomic E-state index is 13.6. The summed E-state index contributed by atoms with van der Waals surface area (Å²) in [5, 5.41) is 12.4. The standard InChI is InChI=1S/C30H30N4O2S/c1-20-13-15-24(16-14-20)28-32-33-30(37-28)31-27(35)17-18-34(21(2)22-9-5-3-6-10-22)29(36)26-19-25(26)23-11-7-4-8-12-23/h3-16,21,25-26H,17-19H2,1-2H3,(H,31,33,35). The average Bonchev–Trinajstić information content (AvgIpc) is 3.61. The maximum Gasteiger partial charge on any atom is 0.227 e. The zero-order valence-corrected chi connectivity index (χ0v) is 21.8. The summed E-state index contributed by atoms with van der Waals surface area (Å²) in [4.78, 5) is 28.3. The predicted octanol–water partition coefficient (Wildman–Crippen LogP) is 6.24. The van der Waals surface area contributed by atoms with E-state index in [-0.39, 0.29) is 36.1 Å². The van der Waals surface area contributed by atoms with Gasteiger partial charge in [-0.25, -0.2) is 0 Å². The summed E-state index contributed by atoms with van der Waals surface area (Å²) in [6.45, 7) is 4.40. The van der Waals surface area contributed by atoms with E-state index in [2.05, 4.69) is 27.6 Å². The van der Waals surface area contributed by atoms with E-state index < -0.39 is 0 Å². The molecule has 1 aromatic heterocycles. The maximum atomic E-state index is 13.6. The van der Waals surface area contributed by atoms with Crippen molar-refractivity contribution in [3.05, 3.63) is 102 Å². The van der Waals surface area contributed by atoms with Gasteiger partial charge in [-0.1, -0.05) is 102 Å². The molecule has 6 nitrogen and oxygen atoms in total. The molecular weight excluding hydrogens is 480 g/mol. The Morgan fingerprint density at radius 2 is 1.65 bits per heavy atom. The Bertz CT molecular complexity index is 1360. The first-order valence-corrected chi connectivity index (χ1v) is 13.4. The first-order chi connectivity index (χ1) is 18.0. The number of amides is 2. The van der Waals surface area contributed by atoms with Gasteiger partial charge in [-0.3, -0.25) is 9.59 Å². The van der Waals surface area contributed by atoms with Gasteiger partial charge in [0.1, 0.15) is 5.01 Å². The molecule has 0 radical (unpaired) electrons. The molecule has 37 heavy (non-hydrogen) atoms. The molecule has 4 aromatic rings. The van der Waals surface area contributed by atoms with E-state index in [1.807, 2.05) is 91.5 Å². The molecule has 1 aliphatic carbocycles. The van der Waals surface area contributed by atoms with Crippen molar-refractivity contribution in [2.45, 2.75) is 38.6 Å². The Hall–Kier alpha value is -3.84. The summed E-state index contributed by atoms with van der Waals surface area (Å²) < 4.78 is 0. The quantitative estimate of drug-likeness (QED) is 0.289. The Kier molecular flexibility index (Phi) is 7.42. The van der Waals surface area contributed by atoms with Crippen molar-refractivity contribution in [2.24, 2.45) is 5.92 Å². The van der Waals surface area contributed by atoms with Crippen molar-refractivity contribution in [3.8, 4) is 10.6 Å². The fourth-order valence-corrected chi connectivity index (χ4v) is 5.41. The molecule has 1 saturated carbocycles. The lowest BCUT2D eigenvalue weighted by molar-refractivity contribution is -0.135. The Labute approximate surface area is 221 Å². The molecule has 5 rings (SSSR count). The van der Waals surface area contributed by atoms with E-state index in [9.17, 15) is 9.59 Å². The Morgan fingerprint density at radius 1 is 0.973 bits per heavy atom. The SMILES string of the molecule is Cc1ccc(-c2nnc(NC(=O)CCN(C(=O)C3CC3c3ccccc3)C(C)c3ccccc3)s2)cc1. The van der Waals surface area contributed by atoms with Crippen LogP contribution in [-0.4, -0.2) is 33.5 Å². The van der Waals surface area contributed by atoms with Crippen LogP contribution in [0.4, 0.5) is 5.13 Å². The average molecular weight is 511 g/mol. The number of aryl methyl sites for hydroxylation is 1. The number of hydrogen-bond donors (Lipinski definition) is 1. The second-order valence-electron chi connectivity index (χ2n) is 9.55. The molecule has 0 spiro atoms. The molecule has 2 amide bonds. The van der Waals surface area contributed by atoms with Crippen LogP contribution in [0.25, 0.3) is 10.6 Å². The highest BCUT2D eigenvalue weighted by Crippen LogP contribution is 2.49. The van der Waals surface area contributed by atoms with Crippen LogP contribution in [0.5, 0.6) is 0 Å². The van der Waals surface area contributed by atoms with E-state index in [0.29, 0.717) is 11.7 Å². The highest BCUT2D eigenvalue weighted by atomic mass is 32.1. The fourth-order valence-electron chi connectivity index (χ4n) is 4.65. The largest absolute Gasteiger partial charge is 0.335 e. The van der Waals surface area contributed by atoms with E-state index in [1.54, 1.807) is 0 Å². The molecule has 1 fully saturated rings. The van der Waals surface area contributed by atoms with Gasteiger partial charge in [0.2, 0.25) is 16.9 Å². The summed E-state index contributed by atoms with van der Waals surface area (Å²) >= 11 is 1.34.